The molecule has 108 valence electrons. The third kappa shape index (κ3) is 3.17. The van der Waals surface area contributed by atoms with Crippen molar-refractivity contribution in [2.75, 3.05) is 27.2 Å². The molecule has 1 fully saturated rings. The van der Waals surface area contributed by atoms with Gasteiger partial charge in [-0.3, -0.25) is 4.79 Å². The molecule has 0 saturated carbocycles. The summed E-state index contributed by atoms with van der Waals surface area (Å²) in [6, 6.07) is 2.89. The van der Waals surface area contributed by atoms with Crippen molar-refractivity contribution in [1.82, 2.24) is 14.8 Å². The van der Waals surface area contributed by atoms with E-state index < -0.39 is 6.09 Å². The van der Waals surface area contributed by atoms with Gasteiger partial charge in [0.25, 0.3) is 5.91 Å². The van der Waals surface area contributed by atoms with Gasteiger partial charge in [0, 0.05) is 27.1 Å². The molecule has 1 aromatic rings. The fourth-order valence-electron chi connectivity index (χ4n) is 1.93. The van der Waals surface area contributed by atoms with E-state index in [0.29, 0.717) is 19.5 Å². The summed E-state index contributed by atoms with van der Waals surface area (Å²) in [5.41, 5.74) is 0.266. The quantitative estimate of drug-likeness (QED) is 0.861. The van der Waals surface area contributed by atoms with Crippen molar-refractivity contribution in [3.63, 3.8) is 0 Å². The van der Waals surface area contributed by atoms with Crippen LogP contribution in [0.4, 0.5) is 4.79 Å². The van der Waals surface area contributed by atoms with Crippen LogP contribution in [0.15, 0.2) is 18.3 Å². The summed E-state index contributed by atoms with van der Waals surface area (Å²) in [6.07, 6.45) is 1.15. The lowest BCUT2D eigenvalue weighted by atomic mass is 10.3. The Bertz CT molecular complexity index is 501. The lowest BCUT2D eigenvalue weighted by Gasteiger charge is -2.18. The molecule has 1 aliphatic rings. The molecule has 1 saturated heterocycles. The van der Waals surface area contributed by atoms with E-state index in [1.54, 1.807) is 19.0 Å². The van der Waals surface area contributed by atoms with Gasteiger partial charge in [-0.15, -0.1) is 0 Å². The van der Waals surface area contributed by atoms with Crippen LogP contribution >= 0.6 is 0 Å². The van der Waals surface area contributed by atoms with Gasteiger partial charge in [0.1, 0.15) is 17.5 Å². The van der Waals surface area contributed by atoms with Crippen LogP contribution in [-0.4, -0.2) is 65.2 Å². The Morgan fingerprint density at radius 2 is 2.20 bits per heavy atom. The second-order valence-corrected chi connectivity index (χ2v) is 4.84. The van der Waals surface area contributed by atoms with Gasteiger partial charge < -0.3 is 19.6 Å². The molecule has 1 atom stereocenters. The summed E-state index contributed by atoms with van der Waals surface area (Å²) in [6.45, 7) is 0.883. The molecular formula is C13H17N3O4. The van der Waals surface area contributed by atoms with Crippen LogP contribution in [0.1, 0.15) is 16.9 Å². The number of carbonyl (C=O) groups is 2. The third-order valence-electron chi connectivity index (χ3n) is 3.03. The molecule has 0 bridgehead atoms. The summed E-state index contributed by atoms with van der Waals surface area (Å²) >= 11 is 0. The van der Waals surface area contributed by atoms with Gasteiger partial charge in [0.15, 0.2) is 0 Å². The Hall–Kier alpha value is -2.31. The number of ether oxygens (including phenoxy) is 1. The molecule has 1 N–H and O–H groups in total. The number of aromatic hydroxyl groups is 1. The monoisotopic (exact) mass is 279 g/mol. The van der Waals surface area contributed by atoms with Crippen LogP contribution in [0.3, 0.4) is 0 Å². The van der Waals surface area contributed by atoms with Gasteiger partial charge in [-0.05, 0) is 12.1 Å². The van der Waals surface area contributed by atoms with Crippen LogP contribution in [0, 0.1) is 0 Å². The maximum Gasteiger partial charge on any atom is 0.409 e. The first-order chi connectivity index (χ1) is 9.47. The van der Waals surface area contributed by atoms with Crippen LogP contribution < -0.4 is 0 Å². The molecule has 7 heteroatoms. The van der Waals surface area contributed by atoms with Crippen molar-refractivity contribution in [3.05, 3.63) is 24.0 Å². The Morgan fingerprint density at radius 3 is 2.80 bits per heavy atom. The normalized spacial score (nSPS) is 17.9. The minimum absolute atomic E-state index is 0.0146. The molecular weight excluding hydrogens is 262 g/mol. The minimum Gasteiger partial charge on any atom is -0.506 e. The second-order valence-electron chi connectivity index (χ2n) is 4.84. The van der Waals surface area contributed by atoms with Crippen molar-refractivity contribution >= 4 is 12.0 Å². The Kier molecular flexibility index (Phi) is 4.07. The van der Waals surface area contributed by atoms with E-state index in [2.05, 4.69) is 4.98 Å². The lowest BCUT2D eigenvalue weighted by Crippen LogP contribution is -2.33. The van der Waals surface area contributed by atoms with Gasteiger partial charge in [-0.1, -0.05) is 0 Å². The molecule has 0 aliphatic carbocycles. The minimum atomic E-state index is -0.410. The lowest BCUT2D eigenvalue weighted by molar-refractivity contribution is 0.0662. The summed E-state index contributed by atoms with van der Waals surface area (Å²) in [4.78, 5) is 30.4. The van der Waals surface area contributed by atoms with Crippen LogP contribution in [0.5, 0.6) is 5.75 Å². The fraction of sp³-hybridized carbons (Fsp3) is 0.462. The SMILES string of the molecule is CN(C)C(=O)OC1CCN(C(=O)c2ccc(O)cn2)C1. The van der Waals surface area contributed by atoms with Gasteiger partial charge in [0.05, 0.1) is 12.7 Å². The van der Waals surface area contributed by atoms with Crippen molar-refractivity contribution in [2.45, 2.75) is 12.5 Å². The number of amides is 2. The molecule has 1 aromatic heterocycles. The summed E-state index contributed by atoms with van der Waals surface area (Å²) in [5, 5.41) is 9.15. The Balaban J connectivity index is 1.94. The molecule has 0 radical (unpaired) electrons. The zero-order valence-electron chi connectivity index (χ0n) is 11.4. The molecule has 2 amide bonds. The molecule has 7 nitrogen and oxygen atoms in total. The zero-order chi connectivity index (χ0) is 14.7. The van der Waals surface area contributed by atoms with Crippen molar-refractivity contribution in [3.8, 4) is 5.75 Å². The van der Waals surface area contributed by atoms with E-state index in [1.807, 2.05) is 0 Å². The topological polar surface area (TPSA) is 83.0 Å². The van der Waals surface area contributed by atoms with E-state index in [-0.39, 0.29) is 23.5 Å². The number of aromatic nitrogens is 1. The standard InChI is InChI=1S/C13H17N3O4/c1-15(2)13(19)20-10-5-6-16(8-10)12(18)11-4-3-9(17)7-14-11/h3-4,7,10,17H,5-6,8H2,1-2H3. The summed E-state index contributed by atoms with van der Waals surface area (Å²) in [7, 11) is 3.22. The van der Waals surface area contributed by atoms with E-state index in [9.17, 15) is 9.59 Å². The summed E-state index contributed by atoms with van der Waals surface area (Å²) < 4.78 is 5.24. The number of carbonyl (C=O) groups excluding carboxylic acids is 2. The van der Waals surface area contributed by atoms with Crippen molar-refractivity contribution in [1.29, 1.82) is 0 Å². The molecule has 0 aromatic carbocycles. The maximum atomic E-state index is 12.2. The Labute approximate surface area is 116 Å². The maximum absolute atomic E-state index is 12.2. The van der Waals surface area contributed by atoms with Crippen molar-refractivity contribution in [2.24, 2.45) is 0 Å². The van der Waals surface area contributed by atoms with E-state index in [0.717, 1.165) is 0 Å². The molecule has 1 aliphatic heterocycles. The average molecular weight is 279 g/mol. The fourth-order valence-corrected chi connectivity index (χ4v) is 1.93. The highest BCUT2D eigenvalue weighted by atomic mass is 16.6. The molecule has 0 spiro atoms. The number of pyridine rings is 1. The van der Waals surface area contributed by atoms with Gasteiger partial charge >= 0.3 is 6.09 Å². The third-order valence-corrected chi connectivity index (χ3v) is 3.03. The first-order valence-electron chi connectivity index (χ1n) is 6.29. The van der Waals surface area contributed by atoms with Crippen molar-refractivity contribution < 1.29 is 19.4 Å². The van der Waals surface area contributed by atoms with E-state index >= 15 is 0 Å². The van der Waals surface area contributed by atoms with Gasteiger partial charge in [-0.2, -0.15) is 0 Å². The largest absolute Gasteiger partial charge is 0.506 e. The first-order valence-corrected chi connectivity index (χ1v) is 6.29. The van der Waals surface area contributed by atoms with E-state index in [1.165, 1.54) is 23.2 Å². The van der Waals surface area contributed by atoms with E-state index in [4.69, 9.17) is 9.84 Å². The predicted molar refractivity (Wildman–Crippen MR) is 70.4 cm³/mol. The van der Waals surface area contributed by atoms with Crippen LogP contribution in [0.25, 0.3) is 0 Å². The summed E-state index contributed by atoms with van der Waals surface area (Å²) in [5.74, 6) is -0.214. The number of likely N-dealkylation sites (tertiary alicyclic amines) is 1. The molecule has 1 unspecified atom stereocenters. The van der Waals surface area contributed by atoms with Gasteiger partial charge in [0.2, 0.25) is 0 Å². The molecule has 2 rings (SSSR count). The molecule has 2 heterocycles. The number of hydrogen-bond donors (Lipinski definition) is 1. The highest BCUT2D eigenvalue weighted by molar-refractivity contribution is 5.92. The first kappa shape index (κ1) is 14.1. The smallest absolute Gasteiger partial charge is 0.409 e. The second kappa shape index (κ2) is 5.77. The predicted octanol–water partition coefficient (Wildman–Crippen LogP) is 0.700. The van der Waals surface area contributed by atoms with Crippen LogP contribution in [-0.2, 0) is 4.74 Å². The highest BCUT2D eigenvalue weighted by Gasteiger charge is 2.30. The highest BCUT2D eigenvalue weighted by Crippen LogP contribution is 2.16. The zero-order valence-corrected chi connectivity index (χ0v) is 11.4. The van der Waals surface area contributed by atoms with Gasteiger partial charge in [-0.25, -0.2) is 9.78 Å². The molecule has 20 heavy (non-hydrogen) atoms. The number of rotatable bonds is 2. The van der Waals surface area contributed by atoms with Crippen LogP contribution in [0.2, 0.25) is 0 Å². The number of hydrogen-bond acceptors (Lipinski definition) is 5. The Morgan fingerprint density at radius 1 is 1.45 bits per heavy atom. The number of nitrogens with zero attached hydrogens (tertiary/aromatic N) is 3. The average Bonchev–Trinajstić information content (AvgIpc) is 2.87.